The lowest BCUT2D eigenvalue weighted by Crippen LogP contribution is -2.46. The molecule has 0 amide bonds. The van der Waals surface area contributed by atoms with Crippen molar-refractivity contribution in [3.8, 4) is 18.1 Å². The van der Waals surface area contributed by atoms with Gasteiger partial charge in [0.15, 0.2) is 22.6 Å². The Morgan fingerprint density at radius 3 is 2.33 bits per heavy atom. The zero-order valence-corrected chi connectivity index (χ0v) is 35.7. The van der Waals surface area contributed by atoms with Crippen LogP contribution in [0, 0.1) is 18.4 Å². The summed E-state index contributed by atoms with van der Waals surface area (Å²) < 4.78 is 61.8. The van der Waals surface area contributed by atoms with Gasteiger partial charge in [-0.3, -0.25) is 18.7 Å². The fraction of sp³-hybridized carbons (Fsp3) is 0.523. The van der Waals surface area contributed by atoms with Gasteiger partial charge in [-0.05, 0) is 43.4 Å². The normalized spacial score (nSPS) is 19.1. The molecule has 1 fully saturated rings. The number of nitrogens with zero attached hydrogens (tertiary/aromatic N) is 4. The van der Waals surface area contributed by atoms with E-state index in [1.807, 2.05) is 44.2 Å². The lowest BCUT2D eigenvalue weighted by Gasteiger charge is -2.31. The van der Waals surface area contributed by atoms with Crippen molar-refractivity contribution in [1.29, 1.82) is 0 Å². The first-order valence-electron chi connectivity index (χ1n) is 21.0. The van der Waals surface area contributed by atoms with E-state index in [-0.39, 0.29) is 48.1 Å². The number of unbranched alkanes of at least 4 members (excludes halogenated alkanes) is 6. The molecule has 60 heavy (non-hydrogen) atoms. The maximum atomic E-state index is 15.1. The molecule has 3 heterocycles. The zero-order chi connectivity index (χ0) is 43.0. The number of rotatable bonds is 25. The number of imidazole rings is 1. The van der Waals surface area contributed by atoms with Gasteiger partial charge in [-0.15, -0.1) is 6.42 Å². The van der Waals surface area contributed by atoms with Crippen LogP contribution in [0.2, 0.25) is 0 Å². The number of esters is 2. The standard InChI is InChI=1S/C44H58FN6O8P/c1-5-9-10-11-12-13-20-27-38(52)57-36-29-37(51-31-47-39-40(46)48-43(45)49-41(39)51)58-44(36,8-4)30-55-60(54,59-34-25-18-15-19-26-34)50-35(28-32-23-16-14-17-24-32)42(53)56-33(21-6-2)22-7-3/h4,14-19,23-26,31,33,35-37H,5-7,9-13,20-22,27-30H2,1-3H3,(H,50,54)(H2,46,48,49)/t35-,36-,37+,44+,60-/m0/s1. The number of terminal acetylenes is 1. The molecule has 1 aliphatic heterocycles. The van der Waals surface area contributed by atoms with Crippen molar-refractivity contribution >= 4 is 36.7 Å². The van der Waals surface area contributed by atoms with Gasteiger partial charge in [0.1, 0.15) is 36.8 Å². The monoisotopic (exact) mass is 848 g/mol. The second-order valence-corrected chi connectivity index (χ2v) is 16.8. The largest absolute Gasteiger partial charge is 0.461 e. The van der Waals surface area contributed by atoms with Crippen LogP contribution in [0.4, 0.5) is 10.2 Å². The number of nitrogen functional groups attached to an aromatic ring is 1. The molecule has 5 atom stereocenters. The molecule has 0 radical (unpaired) electrons. The quantitative estimate of drug-likeness (QED) is 0.0213. The summed E-state index contributed by atoms with van der Waals surface area (Å²) in [6, 6.07) is 16.3. The van der Waals surface area contributed by atoms with Crippen LogP contribution in [0.1, 0.15) is 116 Å². The summed E-state index contributed by atoms with van der Waals surface area (Å²) in [5.41, 5.74) is 5.00. The van der Waals surface area contributed by atoms with Crippen LogP contribution in [-0.4, -0.2) is 61.9 Å². The van der Waals surface area contributed by atoms with Crippen molar-refractivity contribution in [3.05, 3.63) is 78.6 Å². The van der Waals surface area contributed by atoms with Gasteiger partial charge >= 0.3 is 25.8 Å². The highest BCUT2D eigenvalue weighted by Gasteiger charge is 2.53. The highest BCUT2D eigenvalue weighted by Crippen LogP contribution is 2.49. The molecule has 0 spiro atoms. The molecule has 0 unspecified atom stereocenters. The number of hydrogen-bond donors (Lipinski definition) is 2. The first kappa shape index (κ1) is 46.2. The van der Waals surface area contributed by atoms with E-state index in [0.29, 0.717) is 19.3 Å². The third-order valence-corrected chi connectivity index (χ3v) is 11.9. The van der Waals surface area contributed by atoms with Gasteiger partial charge < -0.3 is 24.5 Å². The molecule has 1 aliphatic rings. The molecule has 0 aliphatic carbocycles. The number of nitrogens with one attached hydrogen (secondary N) is 1. The Labute approximate surface area is 352 Å². The summed E-state index contributed by atoms with van der Waals surface area (Å²) in [6.07, 6.45) is 14.1. The molecule has 16 heteroatoms. The van der Waals surface area contributed by atoms with Crippen molar-refractivity contribution < 1.29 is 41.8 Å². The predicted octanol–water partition coefficient (Wildman–Crippen LogP) is 8.81. The Morgan fingerprint density at radius 2 is 1.67 bits per heavy atom. The third kappa shape index (κ3) is 12.8. The fourth-order valence-electron chi connectivity index (χ4n) is 7.18. The highest BCUT2D eigenvalue weighted by atomic mass is 31.2. The zero-order valence-electron chi connectivity index (χ0n) is 34.8. The molecule has 4 aromatic rings. The van der Waals surface area contributed by atoms with E-state index in [0.717, 1.165) is 50.5 Å². The van der Waals surface area contributed by atoms with E-state index in [4.69, 9.17) is 35.4 Å². The van der Waals surface area contributed by atoms with Crippen molar-refractivity contribution in [2.24, 2.45) is 0 Å². The van der Waals surface area contributed by atoms with Gasteiger partial charge in [-0.2, -0.15) is 19.4 Å². The molecule has 5 rings (SSSR count). The van der Waals surface area contributed by atoms with Crippen LogP contribution in [0.3, 0.4) is 0 Å². The fourth-order valence-corrected chi connectivity index (χ4v) is 8.70. The molecule has 3 N–H and O–H groups in total. The van der Waals surface area contributed by atoms with E-state index >= 15 is 4.57 Å². The summed E-state index contributed by atoms with van der Waals surface area (Å²) in [5, 5.41) is 2.88. The Balaban J connectivity index is 1.45. The molecular formula is C44H58FN6O8P. The van der Waals surface area contributed by atoms with Crippen LogP contribution in [-0.2, 0) is 39.3 Å². The lowest BCUT2D eigenvalue weighted by molar-refractivity contribution is -0.158. The molecule has 2 aromatic carbocycles. The molecule has 324 valence electrons. The van der Waals surface area contributed by atoms with Gasteiger partial charge in [-0.25, -0.2) is 9.55 Å². The number of nitrogens with two attached hydrogens (primary N) is 1. The minimum Gasteiger partial charge on any atom is -0.461 e. The minimum absolute atomic E-state index is 0.0263. The summed E-state index contributed by atoms with van der Waals surface area (Å²) in [4.78, 5) is 39.1. The summed E-state index contributed by atoms with van der Waals surface area (Å²) >= 11 is 0. The second-order valence-electron chi connectivity index (χ2n) is 15.1. The average molecular weight is 849 g/mol. The molecule has 0 saturated carbocycles. The number of para-hydroxylation sites is 1. The van der Waals surface area contributed by atoms with E-state index in [1.54, 1.807) is 30.3 Å². The molecule has 2 aromatic heterocycles. The average Bonchev–Trinajstić information content (AvgIpc) is 3.82. The number of carbonyl (C=O) groups is 2. The van der Waals surface area contributed by atoms with Gasteiger partial charge in [0.05, 0.1) is 6.33 Å². The van der Waals surface area contributed by atoms with Crippen LogP contribution < -0.4 is 15.3 Å². The molecule has 14 nitrogen and oxygen atoms in total. The minimum atomic E-state index is -4.57. The SMILES string of the molecule is C#C[C@]1(CO[P@@](=O)(N[C@@H](Cc2ccccc2)C(=O)OC(CCC)CCC)Oc2ccccc2)O[C@@H](n2cnc3c(N)nc(F)nc32)C[C@@H]1OC(=O)CCCCCCCCC. The van der Waals surface area contributed by atoms with Crippen LogP contribution >= 0.6 is 7.75 Å². The molecular weight excluding hydrogens is 790 g/mol. The van der Waals surface area contributed by atoms with Crippen molar-refractivity contribution in [1.82, 2.24) is 24.6 Å². The number of aromatic nitrogens is 4. The van der Waals surface area contributed by atoms with E-state index in [2.05, 4.69) is 32.9 Å². The number of halogens is 1. The Hall–Kier alpha value is -4.87. The van der Waals surface area contributed by atoms with Crippen LogP contribution in [0.5, 0.6) is 5.75 Å². The number of carbonyl (C=O) groups excluding carboxylic acids is 2. The molecule has 0 bridgehead atoms. The van der Waals surface area contributed by atoms with E-state index in [9.17, 15) is 14.0 Å². The van der Waals surface area contributed by atoms with Gasteiger partial charge in [-0.1, -0.05) is 127 Å². The number of anilines is 1. The van der Waals surface area contributed by atoms with Gasteiger partial charge in [0.25, 0.3) is 0 Å². The summed E-state index contributed by atoms with van der Waals surface area (Å²) in [6.45, 7) is 5.55. The maximum Gasteiger partial charge on any atom is 0.459 e. The predicted molar refractivity (Wildman–Crippen MR) is 226 cm³/mol. The van der Waals surface area contributed by atoms with Gasteiger partial charge in [0.2, 0.25) is 0 Å². The van der Waals surface area contributed by atoms with Crippen LogP contribution in [0.15, 0.2) is 67.0 Å². The Bertz CT molecular complexity index is 2060. The van der Waals surface area contributed by atoms with Crippen molar-refractivity contribution in [2.45, 2.75) is 141 Å². The topological polar surface area (TPSA) is 179 Å². The van der Waals surface area contributed by atoms with Crippen LogP contribution in [0.25, 0.3) is 11.2 Å². The number of fused-ring (bicyclic) bond motifs is 1. The maximum absolute atomic E-state index is 15.1. The van der Waals surface area contributed by atoms with E-state index < -0.39 is 56.3 Å². The number of hydrogen-bond acceptors (Lipinski definition) is 12. The summed E-state index contributed by atoms with van der Waals surface area (Å²) in [7, 11) is -4.57. The smallest absolute Gasteiger partial charge is 0.459 e. The van der Waals surface area contributed by atoms with E-state index in [1.165, 1.54) is 17.3 Å². The summed E-state index contributed by atoms with van der Waals surface area (Å²) in [5.74, 6) is 1.47. The molecule has 1 saturated heterocycles. The highest BCUT2D eigenvalue weighted by molar-refractivity contribution is 7.52. The van der Waals surface area contributed by atoms with Gasteiger partial charge in [0, 0.05) is 12.8 Å². The van der Waals surface area contributed by atoms with Crippen molar-refractivity contribution in [2.75, 3.05) is 12.3 Å². The van der Waals surface area contributed by atoms with Crippen molar-refractivity contribution in [3.63, 3.8) is 0 Å². The first-order valence-corrected chi connectivity index (χ1v) is 22.6. The lowest BCUT2D eigenvalue weighted by atomic mass is 9.98. The number of ether oxygens (including phenoxy) is 3. The second kappa shape index (κ2) is 22.7. The first-order chi connectivity index (χ1) is 29.0. The number of benzene rings is 2. The Morgan fingerprint density at radius 1 is 1.00 bits per heavy atom. The Kier molecular flexibility index (Phi) is 17.4. The third-order valence-electron chi connectivity index (χ3n) is 10.3.